The van der Waals surface area contributed by atoms with Gasteiger partial charge in [0, 0.05) is 25.1 Å². The highest BCUT2D eigenvalue weighted by Crippen LogP contribution is 2.22. The molecule has 110 valence electrons. The molecule has 1 fully saturated rings. The van der Waals surface area contributed by atoms with Crippen LogP contribution in [0.25, 0.3) is 0 Å². The van der Waals surface area contributed by atoms with E-state index in [1.165, 1.54) is 6.07 Å². The number of carbonyl (C=O) groups excluding carboxylic acids is 1. The zero-order chi connectivity index (χ0) is 14.5. The molecule has 1 heterocycles. The van der Waals surface area contributed by atoms with Crippen molar-refractivity contribution < 1.29 is 9.18 Å². The first-order valence-electron chi connectivity index (χ1n) is 7.06. The van der Waals surface area contributed by atoms with Gasteiger partial charge in [0.2, 0.25) is 5.91 Å². The fourth-order valence-corrected chi connectivity index (χ4v) is 2.72. The average Bonchev–Trinajstić information content (AvgIpc) is 2.42. The summed E-state index contributed by atoms with van der Waals surface area (Å²) < 4.78 is 13.9. The van der Waals surface area contributed by atoms with Crippen LogP contribution in [-0.2, 0) is 17.9 Å². The van der Waals surface area contributed by atoms with E-state index in [2.05, 4.69) is 4.90 Å². The van der Waals surface area contributed by atoms with E-state index in [4.69, 9.17) is 11.5 Å². The molecule has 1 aromatic rings. The van der Waals surface area contributed by atoms with E-state index in [-0.39, 0.29) is 11.7 Å². The van der Waals surface area contributed by atoms with E-state index in [1.807, 2.05) is 12.1 Å². The first kappa shape index (κ1) is 14.9. The van der Waals surface area contributed by atoms with Crippen LogP contribution in [-0.4, -0.2) is 23.9 Å². The van der Waals surface area contributed by atoms with E-state index >= 15 is 0 Å². The zero-order valence-electron chi connectivity index (χ0n) is 11.6. The van der Waals surface area contributed by atoms with Gasteiger partial charge in [-0.05, 0) is 43.5 Å². The molecular weight excluding hydrogens is 257 g/mol. The number of hydrogen-bond donors (Lipinski definition) is 2. The van der Waals surface area contributed by atoms with Crippen molar-refractivity contribution >= 4 is 5.91 Å². The maximum atomic E-state index is 13.9. The van der Waals surface area contributed by atoms with E-state index in [9.17, 15) is 9.18 Å². The topological polar surface area (TPSA) is 72.3 Å². The molecule has 20 heavy (non-hydrogen) atoms. The molecule has 0 spiro atoms. The maximum absolute atomic E-state index is 13.9. The summed E-state index contributed by atoms with van der Waals surface area (Å²) in [7, 11) is 0. The van der Waals surface area contributed by atoms with Crippen LogP contribution in [0, 0.1) is 11.7 Å². The normalized spacial score (nSPS) is 17.3. The highest BCUT2D eigenvalue weighted by atomic mass is 19.1. The Morgan fingerprint density at radius 1 is 1.35 bits per heavy atom. The summed E-state index contributed by atoms with van der Waals surface area (Å²) in [5.74, 6) is -0.0349. The molecule has 0 unspecified atom stereocenters. The Balaban J connectivity index is 1.88. The molecule has 1 aromatic carbocycles. The molecule has 4 nitrogen and oxygen atoms in total. The summed E-state index contributed by atoms with van der Waals surface area (Å²) in [6.45, 7) is 2.74. The summed E-state index contributed by atoms with van der Waals surface area (Å²) in [4.78, 5) is 13.1. The Labute approximate surface area is 118 Å². The number of piperidine rings is 1. The number of carbonyl (C=O) groups is 1. The molecule has 0 atom stereocenters. The monoisotopic (exact) mass is 279 g/mol. The minimum Gasteiger partial charge on any atom is -0.370 e. The van der Waals surface area contributed by atoms with Gasteiger partial charge in [-0.25, -0.2) is 4.39 Å². The fraction of sp³-hybridized carbons (Fsp3) is 0.533. The first-order chi connectivity index (χ1) is 9.58. The molecule has 0 aromatic heterocycles. The van der Waals surface area contributed by atoms with Crippen molar-refractivity contribution in [3.63, 3.8) is 0 Å². The van der Waals surface area contributed by atoms with Crippen LogP contribution in [0.5, 0.6) is 0 Å². The van der Waals surface area contributed by atoms with Crippen LogP contribution in [0.1, 0.15) is 30.4 Å². The standard InChI is InChI=1S/C15H22FN3O/c16-14-7-12(9-17)1-2-13(14)10-19-5-3-11(4-6-19)8-15(18)20/h1-2,7,11H,3-6,8-10,17H2,(H2,18,20). The number of amides is 1. The molecule has 0 aliphatic carbocycles. The second kappa shape index (κ2) is 6.81. The SMILES string of the molecule is NCc1ccc(CN2CCC(CC(N)=O)CC2)c(F)c1. The van der Waals surface area contributed by atoms with Gasteiger partial charge in [-0.15, -0.1) is 0 Å². The Kier molecular flexibility index (Phi) is 5.09. The third-order valence-corrected chi connectivity index (χ3v) is 3.94. The highest BCUT2D eigenvalue weighted by molar-refractivity contribution is 5.73. The summed E-state index contributed by atoms with van der Waals surface area (Å²) >= 11 is 0. The number of nitrogens with two attached hydrogens (primary N) is 2. The number of likely N-dealkylation sites (tertiary alicyclic amines) is 1. The lowest BCUT2D eigenvalue weighted by molar-refractivity contribution is -0.119. The number of primary amides is 1. The molecule has 0 bridgehead atoms. The molecule has 0 saturated carbocycles. The number of nitrogens with zero attached hydrogens (tertiary/aromatic N) is 1. The van der Waals surface area contributed by atoms with Crippen LogP contribution in [0.3, 0.4) is 0 Å². The average molecular weight is 279 g/mol. The summed E-state index contributed by atoms with van der Waals surface area (Å²) in [5, 5.41) is 0. The van der Waals surface area contributed by atoms with E-state index in [1.54, 1.807) is 0 Å². The first-order valence-corrected chi connectivity index (χ1v) is 7.06. The predicted molar refractivity (Wildman–Crippen MR) is 76.1 cm³/mol. The Morgan fingerprint density at radius 3 is 2.60 bits per heavy atom. The van der Waals surface area contributed by atoms with Crippen molar-refractivity contribution in [2.45, 2.75) is 32.4 Å². The fourth-order valence-electron chi connectivity index (χ4n) is 2.72. The van der Waals surface area contributed by atoms with Crippen molar-refractivity contribution in [2.75, 3.05) is 13.1 Å². The van der Waals surface area contributed by atoms with Crippen molar-refractivity contribution in [2.24, 2.45) is 17.4 Å². The number of benzene rings is 1. The van der Waals surface area contributed by atoms with Crippen molar-refractivity contribution in [3.05, 3.63) is 35.1 Å². The Bertz CT molecular complexity index is 470. The van der Waals surface area contributed by atoms with Gasteiger partial charge in [0.05, 0.1) is 0 Å². The molecular formula is C15H22FN3O. The van der Waals surface area contributed by atoms with Crippen LogP contribution in [0.4, 0.5) is 4.39 Å². The highest BCUT2D eigenvalue weighted by Gasteiger charge is 2.21. The lowest BCUT2D eigenvalue weighted by Crippen LogP contribution is -2.34. The lowest BCUT2D eigenvalue weighted by Gasteiger charge is -2.31. The smallest absolute Gasteiger partial charge is 0.217 e. The number of hydrogen-bond acceptors (Lipinski definition) is 3. The summed E-state index contributed by atoms with van der Waals surface area (Å²) in [5.41, 5.74) is 12.2. The molecule has 1 aliphatic rings. The van der Waals surface area contributed by atoms with E-state index in [0.717, 1.165) is 31.5 Å². The van der Waals surface area contributed by atoms with Crippen molar-refractivity contribution in [1.29, 1.82) is 0 Å². The van der Waals surface area contributed by atoms with Gasteiger partial charge in [0.1, 0.15) is 5.82 Å². The Hall–Kier alpha value is -1.46. The molecule has 2 rings (SSSR count). The van der Waals surface area contributed by atoms with E-state index in [0.29, 0.717) is 31.0 Å². The second-order valence-corrected chi connectivity index (χ2v) is 5.52. The summed E-state index contributed by atoms with van der Waals surface area (Å²) in [6, 6.07) is 5.19. The number of rotatable bonds is 5. The van der Waals surface area contributed by atoms with E-state index < -0.39 is 0 Å². The molecule has 4 N–H and O–H groups in total. The van der Waals surface area contributed by atoms with Crippen LogP contribution >= 0.6 is 0 Å². The van der Waals surface area contributed by atoms with Crippen LogP contribution in [0.15, 0.2) is 18.2 Å². The van der Waals surface area contributed by atoms with Gasteiger partial charge in [-0.1, -0.05) is 12.1 Å². The van der Waals surface area contributed by atoms with Gasteiger partial charge in [-0.3, -0.25) is 9.69 Å². The van der Waals surface area contributed by atoms with Gasteiger partial charge >= 0.3 is 0 Å². The van der Waals surface area contributed by atoms with Gasteiger partial charge < -0.3 is 11.5 Å². The lowest BCUT2D eigenvalue weighted by atomic mass is 9.93. The van der Waals surface area contributed by atoms with Gasteiger partial charge in [-0.2, -0.15) is 0 Å². The Morgan fingerprint density at radius 2 is 2.05 bits per heavy atom. The zero-order valence-corrected chi connectivity index (χ0v) is 11.6. The van der Waals surface area contributed by atoms with Crippen molar-refractivity contribution in [3.8, 4) is 0 Å². The van der Waals surface area contributed by atoms with Crippen LogP contribution in [0.2, 0.25) is 0 Å². The minimum atomic E-state index is -0.230. The quantitative estimate of drug-likeness (QED) is 0.855. The van der Waals surface area contributed by atoms with Crippen LogP contribution < -0.4 is 11.5 Å². The third kappa shape index (κ3) is 4.02. The van der Waals surface area contributed by atoms with Gasteiger partial charge in [0.15, 0.2) is 0 Å². The molecule has 1 aliphatic heterocycles. The third-order valence-electron chi connectivity index (χ3n) is 3.94. The second-order valence-electron chi connectivity index (χ2n) is 5.52. The molecule has 1 amide bonds. The maximum Gasteiger partial charge on any atom is 0.217 e. The predicted octanol–water partition coefficient (Wildman–Crippen LogP) is 1.37. The minimum absolute atomic E-state index is 0.188. The number of halogens is 1. The van der Waals surface area contributed by atoms with Crippen molar-refractivity contribution in [1.82, 2.24) is 4.90 Å². The van der Waals surface area contributed by atoms with Gasteiger partial charge in [0.25, 0.3) is 0 Å². The largest absolute Gasteiger partial charge is 0.370 e. The summed E-state index contributed by atoms with van der Waals surface area (Å²) in [6.07, 6.45) is 2.37. The molecule has 0 radical (unpaired) electrons. The molecule has 1 saturated heterocycles. The molecule has 5 heteroatoms.